The maximum Gasteiger partial charge on any atom is 0.389 e. The van der Waals surface area contributed by atoms with Crippen LogP contribution in [0.1, 0.15) is 88.2 Å². The third-order valence-corrected chi connectivity index (χ3v) is 5.42. The van der Waals surface area contributed by atoms with Gasteiger partial charge in [-0.1, -0.05) is 56.9 Å². The fourth-order valence-corrected chi connectivity index (χ4v) is 3.76. The van der Waals surface area contributed by atoms with Crippen LogP contribution in [0.25, 0.3) is 0 Å². The number of benzene rings is 1. The van der Waals surface area contributed by atoms with E-state index in [0.29, 0.717) is 12.0 Å². The van der Waals surface area contributed by atoms with Crippen molar-refractivity contribution in [2.24, 2.45) is 0 Å². The maximum absolute atomic E-state index is 12.3. The van der Waals surface area contributed by atoms with Crippen LogP contribution in [0.2, 0.25) is 0 Å². The summed E-state index contributed by atoms with van der Waals surface area (Å²) >= 11 is 0. The molecular formula is C22H33F3O. The molecule has 4 heteroatoms. The molecule has 0 spiro atoms. The monoisotopic (exact) mass is 370 g/mol. The second-order valence-corrected chi connectivity index (χ2v) is 7.62. The molecule has 0 aromatic heterocycles. The Bertz CT molecular complexity index is 487. The van der Waals surface area contributed by atoms with Crippen molar-refractivity contribution in [1.29, 1.82) is 0 Å². The van der Waals surface area contributed by atoms with E-state index in [1.807, 2.05) is 24.3 Å². The van der Waals surface area contributed by atoms with Crippen molar-refractivity contribution in [3.8, 4) is 0 Å². The van der Waals surface area contributed by atoms with Crippen molar-refractivity contribution in [3.05, 3.63) is 35.4 Å². The van der Waals surface area contributed by atoms with Gasteiger partial charge in [-0.15, -0.1) is 0 Å². The lowest BCUT2D eigenvalue weighted by atomic mass is 9.82. The van der Waals surface area contributed by atoms with Crippen LogP contribution in [-0.2, 0) is 11.2 Å². The van der Waals surface area contributed by atoms with Gasteiger partial charge in [0.1, 0.15) is 0 Å². The van der Waals surface area contributed by atoms with Crippen molar-refractivity contribution < 1.29 is 17.9 Å². The van der Waals surface area contributed by atoms with Crippen molar-refractivity contribution in [2.75, 3.05) is 6.61 Å². The van der Waals surface area contributed by atoms with Crippen LogP contribution in [0.15, 0.2) is 24.3 Å². The van der Waals surface area contributed by atoms with Gasteiger partial charge < -0.3 is 4.74 Å². The van der Waals surface area contributed by atoms with Crippen molar-refractivity contribution in [3.63, 3.8) is 0 Å². The van der Waals surface area contributed by atoms with Gasteiger partial charge >= 0.3 is 6.18 Å². The van der Waals surface area contributed by atoms with Gasteiger partial charge in [-0.2, -0.15) is 13.2 Å². The number of ether oxygens (including phenoxy) is 1. The second-order valence-electron chi connectivity index (χ2n) is 7.62. The first-order chi connectivity index (χ1) is 12.5. The summed E-state index contributed by atoms with van der Waals surface area (Å²) in [4.78, 5) is 0. The SMILES string of the molecule is CCCCCCCOC1CCC(c2ccc(CCC(F)(F)F)cc2)CC1. The lowest BCUT2D eigenvalue weighted by molar-refractivity contribution is -0.133. The lowest BCUT2D eigenvalue weighted by Gasteiger charge is -2.29. The van der Waals surface area contributed by atoms with E-state index in [0.717, 1.165) is 37.9 Å². The summed E-state index contributed by atoms with van der Waals surface area (Å²) in [5.74, 6) is 0.524. The molecule has 1 aromatic rings. The predicted molar refractivity (Wildman–Crippen MR) is 101 cm³/mol. The lowest BCUT2D eigenvalue weighted by Crippen LogP contribution is -2.21. The highest BCUT2D eigenvalue weighted by Gasteiger charge is 2.26. The molecular weight excluding hydrogens is 337 g/mol. The fraction of sp³-hybridized carbons (Fsp3) is 0.727. The van der Waals surface area contributed by atoms with E-state index in [9.17, 15) is 13.2 Å². The summed E-state index contributed by atoms with van der Waals surface area (Å²) < 4.78 is 42.9. The Morgan fingerprint density at radius 2 is 1.58 bits per heavy atom. The molecule has 148 valence electrons. The molecule has 0 amide bonds. The van der Waals surface area contributed by atoms with Gasteiger partial charge in [0, 0.05) is 13.0 Å². The van der Waals surface area contributed by atoms with Gasteiger partial charge in [0.15, 0.2) is 0 Å². The minimum atomic E-state index is -4.08. The molecule has 0 saturated heterocycles. The summed E-state index contributed by atoms with van der Waals surface area (Å²) in [6, 6.07) is 7.76. The second kappa shape index (κ2) is 11.0. The topological polar surface area (TPSA) is 9.23 Å². The Morgan fingerprint density at radius 1 is 0.923 bits per heavy atom. The molecule has 2 rings (SSSR count). The number of unbranched alkanes of at least 4 members (excludes halogenated alkanes) is 4. The highest BCUT2D eigenvalue weighted by Crippen LogP contribution is 2.34. The maximum atomic E-state index is 12.3. The van der Waals surface area contributed by atoms with Gasteiger partial charge in [0.25, 0.3) is 0 Å². The molecule has 1 fully saturated rings. The van der Waals surface area contributed by atoms with Crippen LogP contribution in [0.5, 0.6) is 0 Å². The first-order valence-corrected chi connectivity index (χ1v) is 10.2. The highest BCUT2D eigenvalue weighted by atomic mass is 19.4. The van der Waals surface area contributed by atoms with Crippen LogP contribution in [0, 0.1) is 0 Å². The third-order valence-electron chi connectivity index (χ3n) is 5.42. The Kier molecular flexibility index (Phi) is 8.97. The van der Waals surface area contributed by atoms with E-state index in [2.05, 4.69) is 6.92 Å². The average molecular weight is 370 g/mol. The Morgan fingerprint density at radius 3 is 2.19 bits per heavy atom. The Hall–Kier alpha value is -1.03. The molecule has 1 aliphatic rings. The number of hydrogen-bond donors (Lipinski definition) is 0. The van der Waals surface area contributed by atoms with E-state index in [-0.39, 0.29) is 6.42 Å². The molecule has 0 aliphatic heterocycles. The zero-order valence-corrected chi connectivity index (χ0v) is 16.0. The van der Waals surface area contributed by atoms with Crippen LogP contribution < -0.4 is 0 Å². The van der Waals surface area contributed by atoms with Crippen molar-refractivity contribution >= 4 is 0 Å². The number of hydrogen-bond acceptors (Lipinski definition) is 1. The van der Waals surface area contributed by atoms with Gasteiger partial charge in [0.2, 0.25) is 0 Å². The minimum Gasteiger partial charge on any atom is -0.378 e. The standard InChI is InChI=1S/C22H33F3O/c1-2-3-4-5-6-17-26-21-13-11-20(12-14-21)19-9-7-18(8-10-19)15-16-22(23,24)25/h7-10,20-21H,2-6,11-17H2,1H3. The number of halogens is 3. The Labute approximate surface area is 156 Å². The Balaban J connectivity index is 1.66. The van der Waals surface area contributed by atoms with Gasteiger partial charge in [-0.25, -0.2) is 0 Å². The van der Waals surface area contributed by atoms with E-state index in [1.54, 1.807) is 0 Å². The molecule has 0 radical (unpaired) electrons. The van der Waals surface area contributed by atoms with Gasteiger partial charge in [-0.05, 0) is 55.6 Å². The van der Waals surface area contributed by atoms with Crippen LogP contribution in [-0.4, -0.2) is 18.9 Å². The third kappa shape index (κ3) is 8.11. The van der Waals surface area contributed by atoms with Gasteiger partial charge in [-0.3, -0.25) is 0 Å². The zero-order valence-electron chi connectivity index (χ0n) is 16.0. The fourth-order valence-electron chi connectivity index (χ4n) is 3.76. The summed E-state index contributed by atoms with van der Waals surface area (Å²) in [5.41, 5.74) is 2.03. The molecule has 0 heterocycles. The van der Waals surface area contributed by atoms with Crippen molar-refractivity contribution in [1.82, 2.24) is 0 Å². The normalized spacial score (nSPS) is 21.1. The first kappa shape index (κ1) is 21.3. The van der Waals surface area contributed by atoms with E-state index < -0.39 is 12.6 Å². The summed E-state index contributed by atoms with van der Waals surface area (Å²) in [6.07, 6.45) is 6.39. The van der Waals surface area contributed by atoms with Gasteiger partial charge in [0.05, 0.1) is 6.10 Å². The van der Waals surface area contributed by atoms with Crippen LogP contribution in [0.4, 0.5) is 13.2 Å². The molecule has 26 heavy (non-hydrogen) atoms. The van der Waals surface area contributed by atoms with Crippen LogP contribution >= 0.6 is 0 Å². The largest absolute Gasteiger partial charge is 0.389 e. The molecule has 0 atom stereocenters. The predicted octanol–water partition coefficient (Wildman–Crippen LogP) is 7.19. The van der Waals surface area contributed by atoms with Crippen LogP contribution in [0.3, 0.4) is 0 Å². The molecule has 0 bridgehead atoms. The summed E-state index contributed by atoms with van der Waals surface area (Å²) in [5, 5.41) is 0. The first-order valence-electron chi connectivity index (χ1n) is 10.2. The quantitative estimate of drug-likeness (QED) is 0.396. The van der Waals surface area contributed by atoms with E-state index in [4.69, 9.17) is 4.74 Å². The van der Waals surface area contributed by atoms with E-state index in [1.165, 1.54) is 37.7 Å². The molecule has 1 aliphatic carbocycles. The smallest absolute Gasteiger partial charge is 0.378 e. The molecule has 1 saturated carbocycles. The highest BCUT2D eigenvalue weighted by molar-refractivity contribution is 5.26. The average Bonchev–Trinajstić information content (AvgIpc) is 2.63. The summed E-state index contributed by atoms with van der Waals surface area (Å²) in [6.45, 7) is 3.11. The molecule has 1 nitrogen and oxygen atoms in total. The number of aryl methyl sites for hydroxylation is 1. The number of alkyl halides is 3. The van der Waals surface area contributed by atoms with Crippen molar-refractivity contribution in [2.45, 2.75) is 95.8 Å². The zero-order chi connectivity index (χ0) is 18.8. The molecule has 1 aromatic carbocycles. The summed E-state index contributed by atoms with van der Waals surface area (Å²) in [7, 11) is 0. The van der Waals surface area contributed by atoms with E-state index >= 15 is 0 Å². The minimum absolute atomic E-state index is 0.0720. The number of rotatable bonds is 10. The molecule has 0 unspecified atom stereocenters. The molecule has 0 N–H and O–H groups in total.